The molecule has 1 saturated carbocycles. The Hall–Kier alpha value is -0.560. The van der Waals surface area contributed by atoms with Gasteiger partial charge in [0.05, 0.1) is 11.0 Å². The zero-order valence-corrected chi connectivity index (χ0v) is 13.4. The molecule has 0 saturated heterocycles. The van der Waals surface area contributed by atoms with Crippen LogP contribution in [0.3, 0.4) is 0 Å². The third-order valence-corrected chi connectivity index (χ3v) is 6.79. The summed E-state index contributed by atoms with van der Waals surface area (Å²) in [5, 5.41) is 9.43. The van der Waals surface area contributed by atoms with Crippen LogP contribution in [0.1, 0.15) is 37.9 Å². The predicted molar refractivity (Wildman–Crippen MR) is 82.4 cm³/mol. The van der Waals surface area contributed by atoms with Crippen molar-refractivity contribution in [2.75, 3.05) is 12.8 Å². The van der Waals surface area contributed by atoms with Crippen LogP contribution in [0, 0.1) is 0 Å². The zero-order valence-electron chi connectivity index (χ0n) is 11.8. The monoisotopic (exact) mass is 315 g/mol. The molecule has 1 aromatic carbocycles. The molecule has 112 valence electrons. The molecule has 0 aliphatic heterocycles. The van der Waals surface area contributed by atoms with Crippen molar-refractivity contribution in [3.05, 3.63) is 29.8 Å². The summed E-state index contributed by atoms with van der Waals surface area (Å²) >= 11 is 1.74. The van der Waals surface area contributed by atoms with Gasteiger partial charge in [0, 0.05) is 11.3 Å². The van der Waals surface area contributed by atoms with Gasteiger partial charge in [0.15, 0.2) is 0 Å². The molecule has 0 radical (unpaired) electrons. The summed E-state index contributed by atoms with van der Waals surface area (Å²) in [4.78, 5) is 0.248. The standard InChI is InChI=1S/C14H21NO3S2/c1-11(16)12-4-6-13(7-5-12)20(17,18)15-10-14(19-2)8-3-9-14/h4-7,11,15-16H,3,8-10H2,1-2H3. The van der Waals surface area contributed by atoms with Gasteiger partial charge in [-0.05, 0) is 43.7 Å². The van der Waals surface area contributed by atoms with Crippen LogP contribution >= 0.6 is 11.8 Å². The second kappa shape index (κ2) is 6.05. The molecule has 2 rings (SSSR count). The number of benzene rings is 1. The smallest absolute Gasteiger partial charge is 0.240 e. The molecule has 6 heteroatoms. The molecule has 0 bridgehead atoms. The minimum absolute atomic E-state index is 0.0760. The normalized spacial score (nSPS) is 19.4. The van der Waals surface area contributed by atoms with E-state index in [1.165, 1.54) is 18.6 Å². The van der Waals surface area contributed by atoms with E-state index in [0.717, 1.165) is 12.8 Å². The van der Waals surface area contributed by atoms with Crippen molar-refractivity contribution in [1.82, 2.24) is 4.72 Å². The Morgan fingerprint density at radius 1 is 1.35 bits per heavy atom. The Kier molecular flexibility index (Phi) is 4.79. The molecule has 2 N–H and O–H groups in total. The SMILES string of the molecule is CSC1(CNS(=O)(=O)c2ccc(C(C)O)cc2)CCC1. The molecule has 1 aliphatic rings. The molecular weight excluding hydrogens is 294 g/mol. The van der Waals surface area contributed by atoms with Gasteiger partial charge in [0.2, 0.25) is 10.0 Å². The van der Waals surface area contributed by atoms with Gasteiger partial charge in [-0.15, -0.1) is 0 Å². The van der Waals surface area contributed by atoms with Crippen LogP contribution < -0.4 is 4.72 Å². The molecule has 1 aliphatic carbocycles. The number of aliphatic hydroxyl groups is 1. The van der Waals surface area contributed by atoms with Crippen LogP contribution in [0.2, 0.25) is 0 Å². The first-order valence-corrected chi connectivity index (χ1v) is 9.42. The number of hydrogen-bond donors (Lipinski definition) is 2. The first-order valence-electron chi connectivity index (χ1n) is 6.71. The minimum atomic E-state index is -3.47. The summed E-state index contributed by atoms with van der Waals surface area (Å²) in [5.41, 5.74) is 0.712. The van der Waals surface area contributed by atoms with Gasteiger partial charge in [0.25, 0.3) is 0 Å². The largest absolute Gasteiger partial charge is 0.389 e. The number of hydrogen-bond acceptors (Lipinski definition) is 4. The second-order valence-corrected chi connectivity index (χ2v) is 8.35. The third kappa shape index (κ3) is 3.36. The van der Waals surface area contributed by atoms with E-state index in [1.807, 2.05) is 6.26 Å². The first kappa shape index (κ1) is 15.8. The average Bonchev–Trinajstić information content (AvgIpc) is 2.38. The lowest BCUT2D eigenvalue weighted by molar-refractivity contribution is 0.199. The summed E-state index contributed by atoms with van der Waals surface area (Å²) in [7, 11) is -3.47. The van der Waals surface area contributed by atoms with Gasteiger partial charge in [0.1, 0.15) is 0 Å². The number of thioether (sulfide) groups is 1. The summed E-state index contributed by atoms with van der Waals surface area (Å²) in [6.07, 6.45) is 4.75. The molecule has 1 atom stereocenters. The summed E-state index contributed by atoms with van der Waals surface area (Å²) in [5.74, 6) is 0. The highest BCUT2D eigenvalue weighted by Crippen LogP contribution is 2.42. The van der Waals surface area contributed by atoms with Gasteiger partial charge in [-0.2, -0.15) is 11.8 Å². The number of sulfonamides is 1. The van der Waals surface area contributed by atoms with Crippen LogP contribution in [0.5, 0.6) is 0 Å². The highest BCUT2D eigenvalue weighted by Gasteiger charge is 2.37. The molecule has 0 aromatic heterocycles. The Morgan fingerprint density at radius 3 is 2.35 bits per heavy atom. The van der Waals surface area contributed by atoms with E-state index >= 15 is 0 Å². The predicted octanol–water partition coefficient (Wildman–Crippen LogP) is 2.30. The van der Waals surface area contributed by atoms with Crippen LogP contribution in [0.4, 0.5) is 0 Å². The van der Waals surface area contributed by atoms with E-state index in [9.17, 15) is 13.5 Å². The zero-order chi connectivity index (χ0) is 14.8. The van der Waals surface area contributed by atoms with E-state index in [4.69, 9.17) is 0 Å². The third-order valence-electron chi connectivity index (χ3n) is 3.95. The van der Waals surface area contributed by atoms with E-state index in [-0.39, 0.29) is 9.64 Å². The summed E-state index contributed by atoms with van der Waals surface area (Å²) in [6, 6.07) is 6.37. The van der Waals surface area contributed by atoms with Crippen LogP contribution in [-0.2, 0) is 10.0 Å². The quantitative estimate of drug-likeness (QED) is 0.845. The van der Waals surface area contributed by atoms with E-state index in [2.05, 4.69) is 4.72 Å². The lowest BCUT2D eigenvalue weighted by atomic mass is 9.84. The van der Waals surface area contributed by atoms with Crippen molar-refractivity contribution in [1.29, 1.82) is 0 Å². The maximum Gasteiger partial charge on any atom is 0.240 e. The molecule has 4 nitrogen and oxygen atoms in total. The van der Waals surface area contributed by atoms with Gasteiger partial charge >= 0.3 is 0 Å². The average molecular weight is 315 g/mol. The van der Waals surface area contributed by atoms with Crippen molar-refractivity contribution < 1.29 is 13.5 Å². The van der Waals surface area contributed by atoms with Crippen molar-refractivity contribution in [2.45, 2.75) is 41.9 Å². The second-order valence-electron chi connectivity index (χ2n) is 5.31. The molecule has 20 heavy (non-hydrogen) atoms. The van der Waals surface area contributed by atoms with Crippen molar-refractivity contribution in [2.24, 2.45) is 0 Å². The summed E-state index contributed by atoms with van der Waals surface area (Å²) in [6.45, 7) is 2.13. The van der Waals surface area contributed by atoms with Crippen molar-refractivity contribution >= 4 is 21.8 Å². The molecule has 0 heterocycles. The Morgan fingerprint density at radius 2 is 1.95 bits per heavy atom. The molecule has 0 amide bonds. The lowest BCUT2D eigenvalue weighted by Gasteiger charge is -2.40. The van der Waals surface area contributed by atoms with Crippen LogP contribution in [0.25, 0.3) is 0 Å². The maximum atomic E-state index is 12.2. The van der Waals surface area contributed by atoms with Gasteiger partial charge in [-0.3, -0.25) is 0 Å². The van der Waals surface area contributed by atoms with E-state index in [0.29, 0.717) is 12.1 Å². The van der Waals surface area contributed by atoms with Crippen LogP contribution in [0.15, 0.2) is 29.2 Å². The van der Waals surface area contributed by atoms with E-state index in [1.54, 1.807) is 30.8 Å². The first-order chi connectivity index (χ1) is 9.38. The highest BCUT2D eigenvalue weighted by atomic mass is 32.2. The number of rotatable bonds is 6. The maximum absolute atomic E-state index is 12.2. The van der Waals surface area contributed by atoms with Gasteiger partial charge < -0.3 is 5.11 Å². The molecule has 1 unspecified atom stereocenters. The summed E-state index contributed by atoms with van der Waals surface area (Å²) < 4.78 is 27.2. The fourth-order valence-corrected chi connectivity index (χ4v) is 4.39. The molecule has 0 spiro atoms. The fraction of sp³-hybridized carbons (Fsp3) is 0.571. The molecular formula is C14H21NO3S2. The fourth-order valence-electron chi connectivity index (χ4n) is 2.26. The Bertz CT molecular complexity index is 543. The number of nitrogens with one attached hydrogen (secondary N) is 1. The molecule has 1 fully saturated rings. The van der Waals surface area contributed by atoms with Gasteiger partial charge in [-0.25, -0.2) is 13.1 Å². The van der Waals surface area contributed by atoms with Gasteiger partial charge in [-0.1, -0.05) is 18.6 Å². The highest BCUT2D eigenvalue weighted by molar-refractivity contribution is 8.00. The minimum Gasteiger partial charge on any atom is -0.389 e. The van der Waals surface area contributed by atoms with E-state index < -0.39 is 16.1 Å². The lowest BCUT2D eigenvalue weighted by Crippen LogP contribution is -2.45. The van der Waals surface area contributed by atoms with Crippen LogP contribution in [-0.4, -0.2) is 31.1 Å². The molecule has 1 aromatic rings. The number of aliphatic hydroxyl groups excluding tert-OH is 1. The Labute approximate surface area is 125 Å². The van der Waals surface area contributed by atoms with Crippen molar-refractivity contribution in [3.63, 3.8) is 0 Å². The topological polar surface area (TPSA) is 66.4 Å². The van der Waals surface area contributed by atoms with Crippen molar-refractivity contribution in [3.8, 4) is 0 Å². The Balaban J connectivity index is 2.06.